The van der Waals surface area contributed by atoms with Gasteiger partial charge in [-0.15, -0.1) is 11.3 Å². The van der Waals surface area contributed by atoms with E-state index in [0.29, 0.717) is 44.1 Å². The van der Waals surface area contributed by atoms with Crippen molar-refractivity contribution in [3.05, 3.63) is 81.8 Å². The standard InChI is InChI=1S/C27H31F3N2O4S/c1-20(32-12-14-36-26(33,19-32)24-18-37-25(31-24)27(28,29)30)17-22-7-9-23(10-8-22)35-16-15-34-13-11-21-5-3-2-4-6-21/h2-10,18,20,33H,11-17,19H2,1H3. The SMILES string of the molecule is CC(Cc1ccc(OCCOCCc2ccccc2)cc1)N1CCOC(O)(c2csc(C(F)(F)F)n2)C1. The van der Waals surface area contributed by atoms with Gasteiger partial charge < -0.3 is 19.3 Å². The van der Waals surface area contributed by atoms with E-state index in [2.05, 4.69) is 17.1 Å². The Morgan fingerprint density at radius 3 is 2.54 bits per heavy atom. The van der Waals surface area contributed by atoms with Crippen molar-refractivity contribution in [3.63, 3.8) is 0 Å². The Balaban J connectivity index is 1.21. The molecule has 0 amide bonds. The minimum atomic E-state index is -4.55. The van der Waals surface area contributed by atoms with Gasteiger partial charge in [0.25, 0.3) is 0 Å². The number of aliphatic hydroxyl groups is 1. The highest BCUT2D eigenvalue weighted by atomic mass is 32.1. The number of ether oxygens (including phenoxy) is 3. The molecular formula is C27H31F3N2O4S. The fraction of sp³-hybridized carbons (Fsp3) is 0.444. The molecule has 1 aliphatic heterocycles. The largest absolute Gasteiger partial charge is 0.491 e. The normalized spacial score (nSPS) is 19.6. The number of nitrogens with zero attached hydrogens (tertiary/aromatic N) is 2. The van der Waals surface area contributed by atoms with Crippen LogP contribution in [0.15, 0.2) is 60.0 Å². The summed E-state index contributed by atoms with van der Waals surface area (Å²) in [6.45, 7) is 4.43. The second kappa shape index (κ2) is 12.4. The van der Waals surface area contributed by atoms with E-state index < -0.39 is 17.0 Å². The maximum absolute atomic E-state index is 12.9. The van der Waals surface area contributed by atoms with Crippen LogP contribution in [0.5, 0.6) is 5.75 Å². The number of halogens is 3. The summed E-state index contributed by atoms with van der Waals surface area (Å²) >= 11 is 0.456. The van der Waals surface area contributed by atoms with Crippen LogP contribution >= 0.6 is 11.3 Å². The summed E-state index contributed by atoms with van der Waals surface area (Å²) in [7, 11) is 0. The van der Waals surface area contributed by atoms with Crippen molar-refractivity contribution in [2.75, 3.05) is 39.5 Å². The fourth-order valence-corrected chi connectivity index (χ4v) is 4.94. The van der Waals surface area contributed by atoms with E-state index >= 15 is 0 Å². The van der Waals surface area contributed by atoms with E-state index in [1.165, 1.54) is 10.9 Å². The summed E-state index contributed by atoms with van der Waals surface area (Å²) in [5.74, 6) is -1.11. The smallest absolute Gasteiger partial charge is 0.443 e. The van der Waals surface area contributed by atoms with Crippen molar-refractivity contribution in [1.29, 1.82) is 0 Å². The second-order valence-electron chi connectivity index (χ2n) is 9.03. The van der Waals surface area contributed by atoms with Crippen molar-refractivity contribution < 1.29 is 32.5 Å². The van der Waals surface area contributed by atoms with Gasteiger partial charge in [-0.2, -0.15) is 13.2 Å². The van der Waals surface area contributed by atoms with Crippen LogP contribution in [0.2, 0.25) is 0 Å². The maximum atomic E-state index is 12.9. The number of alkyl halides is 3. The van der Waals surface area contributed by atoms with Crippen molar-refractivity contribution >= 4 is 11.3 Å². The number of morpholine rings is 1. The van der Waals surface area contributed by atoms with E-state index in [9.17, 15) is 18.3 Å². The molecule has 0 saturated carbocycles. The van der Waals surface area contributed by atoms with Gasteiger partial charge in [-0.1, -0.05) is 42.5 Å². The predicted molar refractivity (Wildman–Crippen MR) is 135 cm³/mol. The molecule has 200 valence electrons. The number of thiazole rings is 1. The topological polar surface area (TPSA) is 64.1 Å². The molecule has 1 N–H and O–H groups in total. The molecule has 3 aromatic rings. The predicted octanol–water partition coefficient (Wildman–Crippen LogP) is 4.91. The van der Waals surface area contributed by atoms with Crippen molar-refractivity contribution in [3.8, 4) is 5.75 Å². The zero-order valence-electron chi connectivity index (χ0n) is 20.6. The summed E-state index contributed by atoms with van der Waals surface area (Å²) in [4.78, 5) is 5.60. The van der Waals surface area contributed by atoms with Gasteiger partial charge in [0, 0.05) is 18.0 Å². The Kier molecular flexibility index (Phi) is 9.20. The summed E-state index contributed by atoms with van der Waals surface area (Å²) in [5.41, 5.74) is 2.22. The molecule has 0 spiro atoms. The number of aromatic nitrogens is 1. The van der Waals surface area contributed by atoms with Gasteiger partial charge in [-0.05, 0) is 43.0 Å². The average molecular weight is 537 g/mol. The van der Waals surface area contributed by atoms with E-state index in [1.807, 2.05) is 54.3 Å². The Morgan fingerprint density at radius 2 is 1.84 bits per heavy atom. The van der Waals surface area contributed by atoms with Crippen LogP contribution in [0.25, 0.3) is 0 Å². The van der Waals surface area contributed by atoms with Crippen LogP contribution in [0.1, 0.15) is 28.8 Å². The molecule has 2 atom stereocenters. The first-order valence-corrected chi connectivity index (χ1v) is 13.1. The first-order valence-electron chi connectivity index (χ1n) is 12.2. The molecule has 4 rings (SSSR count). The third-order valence-electron chi connectivity index (χ3n) is 6.24. The molecule has 1 fully saturated rings. The molecule has 10 heteroatoms. The van der Waals surface area contributed by atoms with Gasteiger partial charge in [-0.3, -0.25) is 4.90 Å². The molecule has 2 aromatic carbocycles. The number of hydrogen-bond donors (Lipinski definition) is 1. The van der Waals surface area contributed by atoms with Crippen molar-refractivity contribution in [2.45, 2.75) is 37.8 Å². The zero-order chi connectivity index (χ0) is 26.3. The lowest BCUT2D eigenvalue weighted by atomic mass is 10.0. The molecule has 0 radical (unpaired) electrons. The monoisotopic (exact) mass is 536 g/mol. The summed E-state index contributed by atoms with van der Waals surface area (Å²) in [6, 6.07) is 18.0. The maximum Gasteiger partial charge on any atom is 0.443 e. The number of hydrogen-bond acceptors (Lipinski definition) is 7. The van der Waals surface area contributed by atoms with Crippen LogP contribution in [-0.2, 0) is 34.3 Å². The van der Waals surface area contributed by atoms with Gasteiger partial charge in [0.05, 0.1) is 26.4 Å². The highest BCUT2D eigenvalue weighted by Crippen LogP contribution is 2.36. The molecule has 2 unspecified atom stereocenters. The lowest BCUT2D eigenvalue weighted by Crippen LogP contribution is -2.53. The third kappa shape index (κ3) is 7.75. The van der Waals surface area contributed by atoms with Crippen LogP contribution in [0.4, 0.5) is 13.2 Å². The van der Waals surface area contributed by atoms with Crippen molar-refractivity contribution in [1.82, 2.24) is 9.88 Å². The molecule has 1 aromatic heterocycles. The molecule has 2 heterocycles. The minimum Gasteiger partial charge on any atom is -0.491 e. The Hall–Kier alpha value is -2.50. The highest BCUT2D eigenvalue weighted by molar-refractivity contribution is 7.09. The summed E-state index contributed by atoms with van der Waals surface area (Å²) in [5, 5.41) is 11.1. The molecule has 37 heavy (non-hydrogen) atoms. The van der Waals surface area contributed by atoms with Crippen LogP contribution in [-0.4, -0.2) is 60.5 Å². The first kappa shape index (κ1) is 27.5. The Bertz CT molecular complexity index is 1110. The van der Waals surface area contributed by atoms with Crippen LogP contribution < -0.4 is 4.74 Å². The second-order valence-corrected chi connectivity index (χ2v) is 9.89. The molecule has 1 aliphatic rings. The highest BCUT2D eigenvalue weighted by Gasteiger charge is 2.42. The quantitative estimate of drug-likeness (QED) is 0.352. The van der Waals surface area contributed by atoms with E-state index in [-0.39, 0.29) is 24.9 Å². The van der Waals surface area contributed by atoms with E-state index in [4.69, 9.17) is 14.2 Å². The molecular weight excluding hydrogens is 505 g/mol. The lowest BCUT2D eigenvalue weighted by Gasteiger charge is -2.41. The van der Waals surface area contributed by atoms with Gasteiger partial charge in [0.1, 0.15) is 18.1 Å². The lowest BCUT2D eigenvalue weighted by molar-refractivity contribution is -0.254. The Labute approximate surface area is 218 Å². The fourth-order valence-electron chi connectivity index (χ4n) is 4.19. The Morgan fingerprint density at radius 1 is 1.08 bits per heavy atom. The van der Waals surface area contributed by atoms with E-state index in [1.54, 1.807) is 0 Å². The van der Waals surface area contributed by atoms with Gasteiger partial charge >= 0.3 is 6.18 Å². The molecule has 1 saturated heterocycles. The number of benzene rings is 2. The number of β-amino-alcohol motifs (C(OH)–C–C–N with tert-alkyl or cyclic N) is 1. The van der Waals surface area contributed by atoms with Gasteiger partial charge in [0.15, 0.2) is 5.01 Å². The van der Waals surface area contributed by atoms with E-state index in [0.717, 1.165) is 17.7 Å². The van der Waals surface area contributed by atoms with Crippen LogP contribution in [0.3, 0.4) is 0 Å². The third-order valence-corrected chi connectivity index (χ3v) is 7.12. The summed E-state index contributed by atoms with van der Waals surface area (Å²) < 4.78 is 55.7. The van der Waals surface area contributed by atoms with Gasteiger partial charge in [-0.25, -0.2) is 4.98 Å². The molecule has 0 bridgehead atoms. The first-order chi connectivity index (χ1) is 17.7. The number of rotatable bonds is 11. The molecule has 6 nitrogen and oxygen atoms in total. The van der Waals surface area contributed by atoms with Crippen molar-refractivity contribution in [2.24, 2.45) is 0 Å². The minimum absolute atomic E-state index is 0.0286. The zero-order valence-corrected chi connectivity index (χ0v) is 21.4. The summed E-state index contributed by atoms with van der Waals surface area (Å²) in [6.07, 6.45) is -2.98. The van der Waals surface area contributed by atoms with Crippen LogP contribution in [0, 0.1) is 0 Å². The molecule has 0 aliphatic carbocycles. The van der Waals surface area contributed by atoms with Gasteiger partial charge in [0.2, 0.25) is 5.79 Å². The average Bonchev–Trinajstić information content (AvgIpc) is 3.40.